The van der Waals surface area contributed by atoms with Gasteiger partial charge in [0.25, 0.3) is 0 Å². The Morgan fingerprint density at radius 2 is 2.18 bits per heavy atom. The minimum Gasteiger partial charge on any atom is -0.311 e. The van der Waals surface area contributed by atoms with E-state index in [1.54, 1.807) is 13.0 Å². The van der Waals surface area contributed by atoms with Crippen LogP contribution < -0.4 is 5.32 Å². The number of nitrogens with one attached hydrogen (secondary N) is 1. The normalized spacial score (nSPS) is 11.6. The van der Waals surface area contributed by atoms with Gasteiger partial charge in [-0.05, 0) is 6.07 Å². The Balaban J connectivity index is 2.34. The van der Waals surface area contributed by atoms with Crippen LogP contribution in [0.5, 0.6) is 0 Å². The summed E-state index contributed by atoms with van der Waals surface area (Å²) in [4.78, 5) is 10.8. The molecular formula is C9H14N2O4S2. The Morgan fingerprint density at radius 3 is 2.71 bits per heavy atom. The Kier molecular flexibility index (Phi) is 5.03. The van der Waals surface area contributed by atoms with Crippen molar-refractivity contribution in [3.63, 3.8) is 0 Å². The third kappa shape index (κ3) is 4.80. The van der Waals surface area contributed by atoms with Gasteiger partial charge in [-0.3, -0.25) is 10.1 Å². The van der Waals surface area contributed by atoms with E-state index < -0.39 is 14.8 Å². The molecule has 17 heavy (non-hydrogen) atoms. The first-order valence-electron chi connectivity index (χ1n) is 5.09. The summed E-state index contributed by atoms with van der Waals surface area (Å²) in [6, 6.07) is 3.12. The van der Waals surface area contributed by atoms with E-state index >= 15 is 0 Å². The highest BCUT2D eigenvalue weighted by Crippen LogP contribution is 2.23. The lowest BCUT2D eigenvalue weighted by atomic mass is 10.4. The zero-order valence-corrected chi connectivity index (χ0v) is 11.0. The molecule has 0 atom stereocenters. The lowest BCUT2D eigenvalue weighted by molar-refractivity contribution is -0.380. The maximum atomic E-state index is 11.2. The van der Waals surface area contributed by atoms with Crippen LogP contribution in [0.2, 0.25) is 0 Å². The van der Waals surface area contributed by atoms with Gasteiger partial charge in [0, 0.05) is 29.8 Å². The molecule has 0 bridgehead atoms. The number of hydrogen-bond acceptors (Lipinski definition) is 6. The SMILES string of the molecule is CCS(=O)(=O)CCNCc1ccc([N+](=O)[O-])s1. The second-order valence-corrected chi connectivity index (χ2v) is 7.03. The van der Waals surface area contributed by atoms with Crippen LogP contribution in [0.4, 0.5) is 5.00 Å². The number of nitro groups is 1. The second-order valence-electron chi connectivity index (χ2n) is 3.41. The van der Waals surface area contributed by atoms with Gasteiger partial charge in [0.1, 0.15) is 0 Å². The molecule has 96 valence electrons. The van der Waals surface area contributed by atoms with Crippen LogP contribution in [0.25, 0.3) is 0 Å². The summed E-state index contributed by atoms with van der Waals surface area (Å²) >= 11 is 1.09. The zero-order valence-electron chi connectivity index (χ0n) is 9.38. The largest absolute Gasteiger partial charge is 0.324 e. The molecule has 1 heterocycles. The van der Waals surface area contributed by atoms with Crippen LogP contribution in [0.1, 0.15) is 11.8 Å². The highest BCUT2D eigenvalue weighted by Gasteiger charge is 2.10. The number of sulfone groups is 1. The minimum atomic E-state index is -2.95. The molecule has 0 aliphatic heterocycles. The van der Waals surface area contributed by atoms with Crippen molar-refractivity contribution < 1.29 is 13.3 Å². The summed E-state index contributed by atoms with van der Waals surface area (Å²) in [6.07, 6.45) is 0. The van der Waals surface area contributed by atoms with Crippen LogP contribution in [-0.4, -0.2) is 31.4 Å². The molecule has 0 spiro atoms. The van der Waals surface area contributed by atoms with Gasteiger partial charge in [-0.1, -0.05) is 18.3 Å². The van der Waals surface area contributed by atoms with Gasteiger partial charge < -0.3 is 5.32 Å². The lowest BCUT2D eigenvalue weighted by Gasteiger charge is -2.02. The molecule has 0 aliphatic carbocycles. The second kappa shape index (κ2) is 6.08. The molecule has 6 nitrogen and oxygen atoms in total. The third-order valence-corrected chi connectivity index (χ3v) is 4.90. The van der Waals surface area contributed by atoms with Crippen molar-refractivity contribution in [1.29, 1.82) is 0 Å². The van der Waals surface area contributed by atoms with E-state index in [1.165, 1.54) is 6.07 Å². The first-order valence-corrected chi connectivity index (χ1v) is 7.72. The van der Waals surface area contributed by atoms with E-state index in [-0.39, 0.29) is 16.5 Å². The van der Waals surface area contributed by atoms with Gasteiger partial charge in [-0.2, -0.15) is 0 Å². The average molecular weight is 278 g/mol. The molecule has 0 fully saturated rings. The molecule has 1 aromatic heterocycles. The van der Waals surface area contributed by atoms with Gasteiger partial charge in [-0.25, -0.2) is 8.42 Å². The van der Waals surface area contributed by atoms with Crippen molar-refractivity contribution in [2.24, 2.45) is 0 Å². The van der Waals surface area contributed by atoms with Crippen molar-refractivity contribution in [1.82, 2.24) is 5.32 Å². The van der Waals surface area contributed by atoms with Gasteiger partial charge >= 0.3 is 5.00 Å². The van der Waals surface area contributed by atoms with E-state index in [0.717, 1.165) is 16.2 Å². The van der Waals surface area contributed by atoms with Crippen molar-refractivity contribution >= 4 is 26.2 Å². The van der Waals surface area contributed by atoms with Crippen molar-refractivity contribution in [2.45, 2.75) is 13.5 Å². The summed E-state index contributed by atoms with van der Waals surface area (Å²) in [5.74, 6) is 0.232. The number of rotatable bonds is 7. The van der Waals surface area contributed by atoms with E-state index in [2.05, 4.69) is 5.32 Å². The van der Waals surface area contributed by atoms with Gasteiger partial charge in [-0.15, -0.1) is 0 Å². The van der Waals surface area contributed by atoms with Crippen molar-refractivity contribution in [2.75, 3.05) is 18.1 Å². The molecule has 1 aromatic rings. The Hall–Kier alpha value is -0.990. The van der Waals surface area contributed by atoms with E-state index in [9.17, 15) is 18.5 Å². The van der Waals surface area contributed by atoms with E-state index in [0.29, 0.717) is 13.1 Å². The fourth-order valence-electron chi connectivity index (χ4n) is 1.14. The summed E-state index contributed by atoms with van der Waals surface area (Å²) in [7, 11) is -2.95. The standard InChI is InChI=1S/C9H14N2O4S2/c1-2-17(14,15)6-5-10-7-8-3-4-9(16-8)11(12)13/h3-4,10H,2,5-7H2,1H3. The van der Waals surface area contributed by atoms with Crippen LogP contribution in [0.15, 0.2) is 12.1 Å². The van der Waals surface area contributed by atoms with Gasteiger partial charge in [0.05, 0.1) is 10.7 Å². The van der Waals surface area contributed by atoms with Crippen LogP contribution in [0, 0.1) is 10.1 Å². The fourth-order valence-corrected chi connectivity index (χ4v) is 2.68. The van der Waals surface area contributed by atoms with Crippen LogP contribution in [-0.2, 0) is 16.4 Å². The average Bonchev–Trinajstić information content (AvgIpc) is 2.73. The number of thiophene rings is 1. The molecule has 0 saturated heterocycles. The number of hydrogen-bond donors (Lipinski definition) is 1. The minimum absolute atomic E-state index is 0.0942. The summed E-state index contributed by atoms with van der Waals surface area (Å²) < 4.78 is 22.4. The fraction of sp³-hybridized carbons (Fsp3) is 0.556. The predicted molar refractivity (Wildman–Crippen MR) is 67.0 cm³/mol. The number of nitrogens with zero attached hydrogens (tertiary/aromatic N) is 1. The summed E-state index contributed by atoms with van der Waals surface area (Å²) in [6.45, 7) is 2.43. The van der Waals surface area contributed by atoms with Crippen LogP contribution >= 0.6 is 11.3 Å². The monoisotopic (exact) mass is 278 g/mol. The summed E-state index contributed by atoms with van der Waals surface area (Å²) in [5, 5.41) is 13.5. The van der Waals surface area contributed by atoms with Gasteiger partial charge in [0.15, 0.2) is 9.84 Å². The van der Waals surface area contributed by atoms with Gasteiger partial charge in [0.2, 0.25) is 0 Å². The van der Waals surface area contributed by atoms with Crippen molar-refractivity contribution in [3.05, 3.63) is 27.1 Å². The molecule has 0 saturated carbocycles. The highest BCUT2D eigenvalue weighted by molar-refractivity contribution is 7.91. The molecule has 8 heteroatoms. The van der Waals surface area contributed by atoms with Crippen molar-refractivity contribution in [3.8, 4) is 0 Å². The highest BCUT2D eigenvalue weighted by atomic mass is 32.2. The molecule has 1 N–H and O–H groups in total. The maximum Gasteiger partial charge on any atom is 0.324 e. The third-order valence-electron chi connectivity index (χ3n) is 2.16. The summed E-state index contributed by atoms with van der Waals surface area (Å²) in [5.41, 5.74) is 0. The predicted octanol–water partition coefficient (Wildman–Crippen LogP) is 1.18. The molecule has 0 aliphatic rings. The van der Waals surface area contributed by atoms with E-state index in [4.69, 9.17) is 0 Å². The van der Waals surface area contributed by atoms with Crippen LogP contribution in [0.3, 0.4) is 0 Å². The maximum absolute atomic E-state index is 11.2. The Labute approximate surface area is 104 Å². The topological polar surface area (TPSA) is 89.3 Å². The molecule has 1 rings (SSSR count). The lowest BCUT2D eigenvalue weighted by Crippen LogP contribution is -2.23. The Morgan fingerprint density at radius 1 is 1.47 bits per heavy atom. The first-order chi connectivity index (χ1) is 7.94. The smallest absolute Gasteiger partial charge is 0.311 e. The first kappa shape index (κ1) is 14.1. The molecule has 0 unspecified atom stereocenters. The molecular weight excluding hydrogens is 264 g/mol. The molecule has 0 radical (unpaired) electrons. The van der Waals surface area contributed by atoms with E-state index in [1.807, 2.05) is 0 Å². The Bertz CT molecular complexity index is 481. The zero-order chi connectivity index (χ0) is 12.9. The molecule has 0 aromatic carbocycles. The quantitative estimate of drug-likeness (QED) is 0.459. The molecule has 0 amide bonds.